The Hall–Kier alpha value is -0.170. The molecule has 0 atom stereocenters. The first-order chi connectivity index (χ1) is 8.14. The fraction of sp³-hybridized carbons (Fsp3) is 1.00. The third-order valence-corrected chi connectivity index (χ3v) is 4.31. The van der Waals surface area contributed by atoms with Crippen LogP contribution in [0.25, 0.3) is 0 Å². The maximum Gasteiger partial charge on any atom is 0.212 e. The van der Waals surface area contributed by atoms with Gasteiger partial charge in [0.25, 0.3) is 0 Å². The molecule has 0 aromatic rings. The molecule has 5 nitrogen and oxygen atoms in total. The second-order valence-electron chi connectivity index (χ2n) is 4.51. The monoisotopic (exact) mass is 263 g/mol. The SMILES string of the molecule is CCCNCCS(=O)(=O)NCCN1CCCC1. The summed E-state index contributed by atoms with van der Waals surface area (Å²) in [6.45, 7) is 7.07. The summed E-state index contributed by atoms with van der Waals surface area (Å²) in [5.74, 6) is 0.174. The van der Waals surface area contributed by atoms with Crippen LogP contribution >= 0.6 is 0 Å². The van der Waals surface area contributed by atoms with E-state index in [2.05, 4.69) is 21.9 Å². The molecule has 1 aliphatic rings. The van der Waals surface area contributed by atoms with Gasteiger partial charge in [0.05, 0.1) is 5.75 Å². The summed E-state index contributed by atoms with van der Waals surface area (Å²) in [7, 11) is -3.09. The van der Waals surface area contributed by atoms with Crippen molar-refractivity contribution in [2.75, 3.05) is 45.0 Å². The first kappa shape index (κ1) is 14.9. The maximum absolute atomic E-state index is 11.6. The zero-order valence-electron chi connectivity index (χ0n) is 10.7. The highest BCUT2D eigenvalue weighted by molar-refractivity contribution is 7.89. The van der Waals surface area contributed by atoms with Crippen molar-refractivity contribution >= 4 is 10.0 Å². The minimum Gasteiger partial charge on any atom is -0.316 e. The molecule has 6 heteroatoms. The second-order valence-corrected chi connectivity index (χ2v) is 6.44. The molecule has 1 fully saturated rings. The largest absolute Gasteiger partial charge is 0.316 e. The van der Waals surface area contributed by atoms with Gasteiger partial charge in [0, 0.05) is 19.6 Å². The molecule has 1 rings (SSSR count). The van der Waals surface area contributed by atoms with Gasteiger partial charge in [-0.1, -0.05) is 6.92 Å². The smallest absolute Gasteiger partial charge is 0.212 e. The quantitative estimate of drug-likeness (QED) is 0.575. The summed E-state index contributed by atoms with van der Waals surface area (Å²) in [4.78, 5) is 2.30. The molecule has 0 bridgehead atoms. The van der Waals surface area contributed by atoms with E-state index >= 15 is 0 Å². The van der Waals surface area contributed by atoms with Gasteiger partial charge in [-0.3, -0.25) is 0 Å². The van der Waals surface area contributed by atoms with Gasteiger partial charge in [-0.25, -0.2) is 13.1 Å². The van der Waals surface area contributed by atoms with E-state index in [9.17, 15) is 8.42 Å². The summed E-state index contributed by atoms with van der Waals surface area (Å²) < 4.78 is 25.8. The zero-order chi connectivity index (χ0) is 12.6. The molecule has 102 valence electrons. The number of nitrogens with zero attached hydrogens (tertiary/aromatic N) is 1. The number of nitrogens with one attached hydrogen (secondary N) is 2. The summed E-state index contributed by atoms with van der Waals surface area (Å²) >= 11 is 0. The first-order valence-electron chi connectivity index (χ1n) is 6.54. The topological polar surface area (TPSA) is 61.4 Å². The minimum absolute atomic E-state index is 0.174. The van der Waals surface area contributed by atoms with E-state index in [4.69, 9.17) is 0 Å². The molecule has 1 aliphatic heterocycles. The average molecular weight is 263 g/mol. The molecular formula is C11H25N3O2S. The van der Waals surface area contributed by atoms with E-state index in [0.717, 1.165) is 32.6 Å². The highest BCUT2D eigenvalue weighted by Crippen LogP contribution is 2.05. The molecule has 0 spiro atoms. The Morgan fingerprint density at radius 2 is 1.82 bits per heavy atom. The Morgan fingerprint density at radius 1 is 1.12 bits per heavy atom. The summed E-state index contributed by atoms with van der Waals surface area (Å²) in [5.41, 5.74) is 0. The van der Waals surface area contributed by atoms with Gasteiger partial charge in [-0.05, 0) is 38.9 Å². The van der Waals surface area contributed by atoms with Crippen LogP contribution in [0.5, 0.6) is 0 Å². The highest BCUT2D eigenvalue weighted by Gasteiger charge is 2.13. The molecule has 0 aliphatic carbocycles. The van der Waals surface area contributed by atoms with Crippen LogP contribution in [0.4, 0.5) is 0 Å². The lowest BCUT2D eigenvalue weighted by molar-refractivity contribution is 0.344. The molecular weight excluding hydrogens is 238 g/mol. The molecule has 0 saturated carbocycles. The van der Waals surface area contributed by atoms with Crippen LogP contribution in [0.1, 0.15) is 26.2 Å². The molecule has 0 aromatic carbocycles. The summed E-state index contributed by atoms with van der Waals surface area (Å²) in [6.07, 6.45) is 3.52. The Kier molecular flexibility index (Phi) is 7.03. The van der Waals surface area contributed by atoms with Crippen LogP contribution in [0.15, 0.2) is 0 Å². The highest BCUT2D eigenvalue weighted by atomic mass is 32.2. The lowest BCUT2D eigenvalue weighted by Crippen LogP contribution is -2.37. The normalized spacial score (nSPS) is 17.7. The van der Waals surface area contributed by atoms with Gasteiger partial charge in [0.1, 0.15) is 0 Å². The lowest BCUT2D eigenvalue weighted by atomic mass is 10.4. The minimum atomic E-state index is -3.09. The number of hydrogen-bond acceptors (Lipinski definition) is 4. The Bertz CT molecular complexity index is 287. The van der Waals surface area contributed by atoms with E-state index in [-0.39, 0.29) is 5.75 Å². The number of rotatable bonds is 9. The average Bonchev–Trinajstić information content (AvgIpc) is 2.77. The van der Waals surface area contributed by atoms with Crippen molar-refractivity contribution in [1.29, 1.82) is 0 Å². The van der Waals surface area contributed by atoms with Crippen molar-refractivity contribution in [3.05, 3.63) is 0 Å². The van der Waals surface area contributed by atoms with Crippen LogP contribution in [0, 0.1) is 0 Å². The molecule has 0 amide bonds. The van der Waals surface area contributed by atoms with Crippen molar-refractivity contribution in [3.63, 3.8) is 0 Å². The summed E-state index contributed by atoms with van der Waals surface area (Å²) in [6, 6.07) is 0. The zero-order valence-corrected chi connectivity index (χ0v) is 11.6. The van der Waals surface area contributed by atoms with Crippen molar-refractivity contribution in [2.24, 2.45) is 0 Å². The standard InChI is InChI=1S/C11H25N3O2S/c1-2-5-12-7-11-17(15,16)13-6-10-14-8-3-4-9-14/h12-13H,2-11H2,1H3. The first-order valence-corrected chi connectivity index (χ1v) is 8.19. The van der Waals surface area contributed by atoms with Gasteiger partial charge >= 0.3 is 0 Å². The molecule has 0 aromatic heterocycles. The molecule has 2 N–H and O–H groups in total. The molecule has 0 unspecified atom stereocenters. The van der Waals surface area contributed by atoms with Gasteiger partial charge in [-0.15, -0.1) is 0 Å². The van der Waals surface area contributed by atoms with Crippen LogP contribution < -0.4 is 10.0 Å². The van der Waals surface area contributed by atoms with Crippen LogP contribution in [-0.4, -0.2) is 58.3 Å². The molecule has 1 saturated heterocycles. The molecule has 17 heavy (non-hydrogen) atoms. The van der Waals surface area contributed by atoms with E-state index in [0.29, 0.717) is 13.1 Å². The number of likely N-dealkylation sites (tertiary alicyclic amines) is 1. The van der Waals surface area contributed by atoms with Crippen molar-refractivity contribution in [3.8, 4) is 0 Å². The van der Waals surface area contributed by atoms with Crippen molar-refractivity contribution < 1.29 is 8.42 Å². The summed E-state index contributed by atoms with van der Waals surface area (Å²) in [5, 5.41) is 3.09. The van der Waals surface area contributed by atoms with Crippen molar-refractivity contribution in [1.82, 2.24) is 14.9 Å². The number of hydrogen-bond donors (Lipinski definition) is 2. The number of sulfonamides is 1. The predicted molar refractivity (Wildman–Crippen MR) is 70.6 cm³/mol. The Labute approximate surface area is 105 Å². The van der Waals surface area contributed by atoms with E-state index in [1.807, 2.05) is 0 Å². The lowest BCUT2D eigenvalue weighted by Gasteiger charge is -2.14. The Morgan fingerprint density at radius 3 is 2.47 bits per heavy atom. The van der Waals surface area contributed by atoms with Crippen LogP contribution in [-0.2, 0) is 10.0 Å². The van der Waals surface area contributed by atoms with E-state index in [1.54, 1.807) is 0 Å². The Balaban J connectivity index is 2.06. The van der Waals surface area contributed by atoms with E-state index in [1.165, 1.54) is 12.8 Å². The molecule has 0 radical (unpaired) electrons. The molecule has 1 heterocycles. The van der Waals surface area contributed by atoms with Gasteiger partial charge in [-0.2, -0.15) is 0 Å². The van der Waals surface area contributed by atoms with Gasteiger partial charge in [0.2, 0.25) is 10.0 Å². The van der Waals surface area contributed by atoms with Crippen LogP contribution in [0.3, 0.4) is 0 Å². The maximum atomic E-state index is 11.6. The third-order valence-electron chi connectivity index (χ3n) is 2.92. The fourth-order valence-electron chi connectivity index (χ4n) is 1.95. The third kappa shape index (κ3) is 6.98. The fourth-order valence-corrected chi connectivity index (χ4v) is 2.91. The van der Waals surface area contributed by atoms with Gasteiger partial charge in [0.15, 0.2) is 0 Å². The van der Waals surface area contributed by atoms with Gasteiger partial charge < -0.3 is 10.2 Å². The van der Waals surface area contributed by atoms with Crippen LogP contribution in [0.2, 0.25) is 0 Å². The van der Waals surface area contributed by atoms with E-state index < -0.39 is 10.0 Å². The predicted octanol–water partition coefficient (Wildman–Crippen LogP) is 0.00120. The van der Waals surface area contributed by atoms with Crippen molar-refractivity contribution in [2.45, 2.75) is 26.2 Å². The second kappa shape index (κ2) is 8.02.